The average Bonchev–Trinajstić information content (AvgIpc) is 3.14. The molecule has 0 radical (unpaired) electrons. The monoisotopic (exact) mass is 327 g/mol. The van der Waals surface area contributed by atoms with Gasteiger partial charge in [0.05, 0.1) is 25.3 Å². The van der Waals surface area contributed by atoms with Crippen molar-refractivity contribution in [2.45, 2.75) is 44.2 Å². The fourth-order valence-corrected chi connectivity index (χ4v) is 3.96. The summed E-state index contributed by atoms with van der Waals surface area (Å²) in [4.78, 5) is 2.45. The summed E-state index contributed by atoms with van der Waals surface area (Å²) in [6.45, 7) is 3.37. The molecule has 2 aliphatic rings. The third-order valence-electron chi connectivity index (χ3n) is 5.21. The Balaban J connectivity index is 1.69. The fourth-order valence-electron chi connectivity index (χ4n) is 3.96. The quantitative estimate of drug-likeness (QED) is 0.864. The molecule has 1 saturated carbocycles. The van der Waals surface area contributed by atoms with Gasteiger partial charge in [0.25, 0.3) is 0 Å². The van der Waals surface area contributed by atoms with Gasteiger partial charge in [0.2, 0.25) is 0 Å². The number of morpholine rings is 1. The smallest absolute Gasteiger partial charge is 0.173 e. The zero-order valence-electron chi connectivity index (χ0n) is 14.0. The van der Waals surface area contributed by atoms with Gasteiger partial charge in [-0.3, -0.25) is 4.90 Å². The van der Waals surface area contributed by atoms with Gasteiger partial charge in [0.1, 0.15) is 0 Å². The molecule has 1 saturated heterocycles. The first-order valence-electron chi connectivity index (χ1n) is 9.08. The topological polar surface area (TPSA) is 56.1 Å². The molecule has 1 atom stereocenters. The van der Waals surface area contributed by atoms with E-state index in [2.05, 4.69) is 55.4 Å². The minimum absolute atomic E-state index is 0.104. The van der Waals surface area contributed by atoms with E-state index >= 15 is 0 Å². The van der Waals surface area contributed by atoms with E-state index in [1.807, 2.05) is 0 Å². The maximum absolute atomic E-state index is 5.55. The largest absolute Gasteiger partial charge is 0.379 e. The molecule has 1 unspecified atom stereocenters. The first kappa shape index (κ1) is 15.7. The van der Waals surface area contributed by atoms with E-state index in [0.717, 1.165) is 32.1 Å². The van der Waals surface area contributed by atoms with Crippen LogP contribution in [0, 0.1) is 0 Å². The van der Waals surface area contributed by atoms with E-state index in [1.165, 1.54) is 37.7 Å². The third kappa shape index (κ3) is 3.21. The second-order valence-electron chi connectivity index (χ2n) is 6.74. The number of nitrogens with zero attached hydrogens (tertiary/aromatic N) is 5. The van der Waals surface area contributed by atoms with Gasteiger partial charge >= 0.3 is 0 Å². The highest BCUT2D eigenvalue weighted by atomic mass is 16.5. The van der Waals surface area contributed by atoms with E-state index in [9.17, 15) is 0 Å². The standard InChI is InChI=1S/C18H25N5O/c1-3-7-15(8-4-1)17(22-11-13-24-14-12-22)18-19-20-21-23(18)16-9-5-2-6-10-16/h1,3-4,7-8,16-17H,2,5-6,9-14H2. The molecule has 1 aliphatic heterocycles. The molecule has 2 fully saturated rings. The summed E-state index contributed by atoms with van der Waals surface area (Å²) in [5, 5.41) is 12.9. The van der Waals surface area contributed by atoms with Gasteiger partial charge in [-0.25, -0.2) is 4.68 Å². The Hall–Kier alpha value is -1.79. The van der Waals surface area contributed by atoms with Crippen LogP contribution in [0.5, 0.6) is 0 Å². The summed E-state index contributed by atoms with van der Waals surface area (Å²) in [6.07, 6.45) is 6.25. The molecule has 1 aromatic heterocycles. The van der Waals surface area contributed by atoms with Crippen LogP contribution >= 0.6 is 0 Å². The lowest BCUT2D eigenvalue weighted by Crippen LogP contribution is -2.41. The summed E-state index contributed by atoms with van der Waals surface area (Å²) in [6, 6.07) is 11.2. The summed E-state index contributed by atoms with van der Waals surface area (Å²) in [7, 11) is 0. The van der Waals surface area contributed by atoms with Crippen molar-refractivity contribution in [3.63, 3.8) is 0 Å². The molecule has 1 aliphatic carbocycles. The third-order valence-corrected chi connectivity index (χ3v) is 5.21. The van der Waals surface area contributed by atoms with Crippen LogP contribution < -0.4 is 0 Å². The van der Waals surface area contributed by atoms with Gasteiger partial charge in [-0.1, -0.05) is 49.6 Å². The van der Waals surface area contributed by atoms with Gasteiger partial charge in [0.15, 0.2) is 5.82 Å². The van der Waals surface area contributed by atoms with Crippen molar-refractivity contribution in [2.24, 2.45) is 0 Å². The summed E-state index contributed by atoms with van der Waals surface area (Å²) in [5.74, 6) is 0.981. The predicted molar refractivity (Wildman–Crippen MR) is 90.6 cm³/mol. The molecular weight excluding hydrogens is 302 g/mol. The highest BCUT2D eigenvalue weighted by molar-refractivity contribution is 5.25. The van der Waals surface area contributed by atoms with E-state index in [4.69, 9.17) is 4.74 Å². The van der Waals surface area contributed by atoms with Crippen molar-refractivity contribution in [1.29, 1.82) is 0 Å². The van der Waals surface area contributed by atoms with Crippen molar-refractivity contribution in [1.82, 2.24) is 25.1 Å². The fraction of sp³-hybridized carbons (Fsp3) is 0.611. The number of hydrogen-bond acceptors (Lipinski definition) is 5. The van der Waals surface area contributed by atoms with Crippen LogP contribution in [0.25, 0.3) is 0 Å². The van der Waals surface area contributed by atoms with Gasteiger partial charge in [-0.15, -0.1) is 5.10 Å². The predicted octanol–water partition coefficient (Wildman–Crippen LogP) is 2.60. The molecule has 1 aromatic carbocycles. The maximum Gasteiger partial charge on any atom is 0.173 e. The minimum atomic E-state index is 0.104. The van der Waals surface area contributed by atoms with E-state index in [0.29, 0.717) is 6.04 Å². The molecule has 2 heterocycles. The first-order valence-corrected chi connectivity index (χ1v) is 9.08. The van der Waals surface area contributed by atoms with Crippen LogP contribution in [0.3, 0.4) is 0 Å². The zero-order chi connectivity index (χ0) is 16.2. The van der Waals surface area contributed by atoms with Crippen LogP contribution in [0.4, 0.5) is 0 Å². The van der Waals surface area contributed by atoms with Crippen LogP contribution in [0.1, 0.15) is 55.6 Å². The SMILES string of the molecule is c1ccc(C(c2nnnn2C2CCCCC2)N2CCOCC2)cc1. The molecule has 6 nitrogen and oxygen atoms in total. The van der Waals surface area contributed by atoms with Gasteiger partial charge in [-0.2, -0.15) is 0 Å². The molecule has 4 rings (SSSR count). The van der Waals surface area contributed by atoms with Crippen LogP contribution in [-0.4, -0.2) is 51.4 Å². The number of benzene rings is 1. The van der Waals surface area contributed by atoms with Gasteiger partial charge in [-0.05, 0) is 28.8 Å². The lowest BCUT2D eigenvalue weighted by atomic mass is 9.95. The molecule has 2 aromatic rings. The summed E-state index contributed by atoms with van der Waals surface area (Å²) in [5.41, 5.74) is 1.26. The Morgan fingerprint density at radius 3 is 2.50 bits per heavy atom. The van der Waals surface area contributed by atoms with Gasteiger partial charge in [0, 0.05) is 13.1 Å². The van der Waals surface area contributed by atoms with E-state index in [-0.39, 0.29) is 6.04 Å². The van der Waals surface area contributed by atoms with E-state index < -0.39 is 0 Å². The van der Waals surface area contributed by atoms with Crippen molar-refractivity contribution in [3.05, 3.63) is 41.7 Å². The van der Waals surface area contributed by atoms with Crippen LogP contribution in [-0.2, 0) is 4.74 Å². The Kier molecular flexibility index (Phi) is 4.85. The highest BCUT2D eigenvalue weighted by Gasteiger charge is 2.31. The minimum Gasteiger partial charge on any atom is -0.379 e. The number of rotatable bonds is 4. The summed E-state index contributed by atoms with van der Waals surface area (Å²) >= 11 is 0. The molecule has 0 spiro atoms. The Labute approximate surface area is 142 Å². The molecule has 0 N–H and O–H groups in total. The normalized spacial score (nSPS) is 21.7. The molecular formula is C18H25N5O. The Morgan fingerprint density at radius 2 is 1.75 bits per heavy atom. The lowest BCUT2D eigenvalue weighted by molar-refractivity contribution is 0.0211. The average molecular weight is 327 g/mol. The number of ether oxygens (including phenoxy) is 1. The number of hydrogen-bond donors (Lipinski definition) is 0. The molecule has 6 heteroatoms. The molecule has 24 heavy (non-hydrogen) atoms. The molecule has 0 amide bonds. The van der Waals surface area contributed by atoms with E-state index in [1.54, 1.807) is 0 Å². The van der Waals surface area contributed by atoms with Gasteiger partial charge < -0.3 is 4.74 Å². The van der Waals surface area contributed by atoms with Crippen molar-refractivity contribution in [3.8, 4) is 0 Å². The van der Waals surface area contributed by atoms with Crippen molar-refractivity contribution < 1.29 is 4.74 Å². The number of aromatic nitrogens is 4. The molecule has 128 valence electrons. The Morgan fingerprint density at radius 1 is 1.00 bits per heavy atom. The van der Waals surface area contributed by atoms with Crippen molar-refractivity contribution >= 4 is 0 Å². The first-order chi connectivity index (χ1) is 11.9. The maximum atomic E-state index is 5.55. The Bertz CT molecular complexity index is 632. The second-order valence-corrected chi connectivity index (χ2v) is 6.74. The highest BCUT2D eigenvalue weighted by Crippen LogP contribution is 2.33. The van der Waals surface area contributed by atoms with Crippen LogP contribution in [0.15, 0.2) is 30.3 Å². The van der Waals surface area contributed by atoms with Crippen molar-refractivity contribution in [2.75, 3.05) is 26.3 Å². The summed E-state index contributed by atoms with van der Waals surface area (Å²) < 4.78 is 7.65. The second kappa shape index (κ2) is 7.40. The number of tetrazole rings is 1. The van der Waals surface area contributed by atoms with Crippen LogP contribution in [0.2, 0.25) is 0 Å². The lowest BCUT2D eigenvalue weighted by Gasteiger charge is -2.35. The molecule has 0 bridgehead atoms. The zero-order valence-corrected chi connectivity index (χ0v) is 14.0.